The molecule has 0 rings (SSSR count). The molecule has 106 valence electrons. The first-order valence-electron chi connectivity index (χ1n) is 6.10. The summed E-state index contributed by atoms with van der Waals surface area (Å²) in [5.41, 5.74) is 0. The van der Waals surface area contributed by atoms with Gasteiger partial charge in [0.2, 0.25) is 0 Å². The van der Waals surface area contributed by atoms with Crippen LogP contribution in [0, 0.1) is 5.92 Å². The van der Waals surface area contributed by atoms with Gasteiger partial charge in [0.05, 0.1) is 20.6 Å². The molecule has 0 fully saturated rings. The van der Waals surface area contributed by atoms with Gasteiger partial charge < -0.3 is 20.1 Å². The van der Waals surface area contributed by atoms with E-state index in [1.165, 1.54) is 14.2 Å². The van der Waals surface area contributed by atoms with Crippen LogP contribution in [0.3, 0.4) is 0 Å². The number of ether oxygens (including phenoxy) is 2. The molecule has 0 heterocycles. The minimum atomic E-state index is -0.650. The Labute approximate surface area is 108 Å². The summed E-state index contributed by atoms with van der Waals surface area (Å²) in [4.78, 5) is 22.6. The predicted molar refractivity (Wildman–Crippen MR) is 68.1 cm³/mol. The third-order valence-corrected chi connectivity index (χ3v) is 2.33. The Kier molecular flexibility index (Phi) is 9.22. The van der Waals surface area contributed by atoms with Gasteiger partial charge in [-0.15, -0.1) is 0 Å². The molecule has 0 saturated heterocycles. The highest BCUT2D eigenvalue weighted by Crippen LogP contribution is 1.97. The van der Waals surface area contributed by atoms with Gasteiger partial charge in [0.1, 0.15) is 6.04 Å². The van der Waals surface area contributed by atoms with Crippen LogP contribution in [-0.4, -0.2) is 51.8 Å². The van der Waals surface area contributed by atoms with E-state index in [1.54, 1.807) is 0 Å². The number of carbonyl (C=O) groups excluding carboxylic acids is 2. The summed E-state index contributed by atoms with van der Waals surface area (Å²) < 4.78 is 9.16. The summed E-state index contributed by atoms with van der Waals surface area (Å²) in [7, 11) is 2.59. The molecular formula is C12H24N2O4. The van der Waals surface area contributed by atoms with Crippen molar-refractivity contribution in [2.75, 3.05) is 33.9 Å². The Morgan fingerprint density at radius 3 is 2.28 bits per heavy atom. The fourth-order valence-electron chi connectivity index (χ4n) is 1.36. The molecule has 0 spiro atoms. The van der Waals surface area contributed by atoms with E-state index in [2.05, 4.69) is 34.0 Å². The van der Waals surface area contributed by atoms with E-state index in [-0.39, 0.29) is 6.42 Å². The monoisotopic (exact) mass is 260 g/mol. The van der Waals surface area contributed by atoms with E-state index in [9.17, 15) is 9.59 Å². The molecule has 0 aromatic heterocycles. The van der Waals surface area contributed by atoms with Crippen LogP contribution >= 0.6 is 0 Å². The van der Waals surface area contributed by atoms with Crippen molar-refractivity contribution in [3.05, 3.63) is 0 Å². The molecule has 6 nitrogen and oxygen atoms in total. The van der Waals surface area contributed by atoms with Gasteiger partial charge in [-0.3, -0.25) is 9.59 Å². The van der Waals surface area contributed by atoms with Crippen molar-refractivity contribution in [2.45, 2.75) is 26.3 Å². The zero-order valence-electron chi connectivity index (χ0n) is 11.6. The van der Waals surface area contributed by atoms with Crippen molar-refractivity contribution in [1.29, 1.82) is 0 Å². The summed E-state index contributed by atoms with van der Waals surface area (Å²) in [5, 5.41) is 6.21. The van der Waals surface area contributed by atoms with Crippen LogP contribution in [0.4, 0.5) is 0 Å². The minimum Gasteiger partial charge on any atom is -0.469 e. The second kappa shape index (κ2) is 9.85. The largest absolute Gasteiger partial charge is 0.469 e. The summed E-state index contributed by atoms with van der Waals surface area (Å²) in [6, 6.07) is -0.650. The number of nitrogens with one attached hydrogen (secondary N) is 2. The van der Waals surface area contributed by atoms with Crippen LogP contribution in [0.25, 0.3) is 0 Å². The SMILES string of the molecule is COC(=O)CC(NCCNCC(C)C)C(=O)OC. The summed E-state index contributed by atoms with van der Waals surface area (Å²) >= 11 is 0. The second-order valence-corrected chi connectivity index (χ2v) is 4.41. The molecule has 18 heavy (non-hydrogen) atoms. The molecule has 0 bridgehead atoms. The lowest BCUT2D eigenvalue weighted by molar-refractivity contribution is -0.149. The average Bonchev–Trinajstić information content (AvgIpc) is 2.35. The molecule has 0 radical (unpaired) electrons. The summed E-state index contributed by atoms with van der Waals surface area (Å²) in [5.74, 6) is -0.311. The third kappa shape index (κ3) is 8.03. The van der Waals surface area contributed by atoms with Gasteiger partial charge in [0.25, 0.3) is 0 Å². The van der Waals surface area contributed by atoms with Crippen LogP contribution < -0.4 is 10.6 Å². The minimum absolute atomic E-state index is 0.0205. The molecule has 1 atom stereocenters. The van der Waals surface area contributed by atoms with Gasteiger partial charge in [-0.25, -0.2) is 0 Å². The lowest BCUT2D eigenvalue weighted by Crippen LogP contribution is -2.42. The van der Waals surface area contributed by atoms with Crippen LogP contribution in [0.15, 0.2) is 0 Å². The standard InChI is InChI=1S/C12H24N2O4/c1-9(2)8-13-5-6-14-10(12(16)18-4)7-11(15)17-3/h9-10,13-14H,5-8H2,1-4H3. The number of hydrogen-bond donors (Lipinski definition) is 2. The van der Waals surface area contributed by atoms with E-state index >= 15 is 0 Å². The van der Waals surface area contributed by atoms with Crippen molar-refractivity contribution in [2.24, 2.45) is 5.92 Å². The maximum absolute atomic E-state index is 11.4. The van der Waals surface area contributed by atoms with Crippen molar-refractivity contribution in [3.63, 3.8) is 0 Å². The number of hydrogen-bond acceptors (Lipinski definition) is 6. The Hall–Kier alpha value is -1.14. The van der Waals surface area contributed by atoms with Crippen molar-refractivity contribution < 1.29 is 19.1 Å². The van der Waals surface area contributed by atoms with Gasteiger partial charge in [-0.05, 0) is 12.5 Å². The Balaban J connectivity index is 3.94. The molecule has 0 amide bonds. The normalized spacial score (nSPS) is 12.3. The topological polar surface area (TPSA) is 76.7 Å². The highest BCUT2D eigenvalue weighted by molar-refractivity contribution is 5.82. The van der Waals surface area contributed by atoms with E-state index in [0.717, 1.165) is 13.1 Å². The van der Waals surface area contributed by atoms with Crippen LogP contribution in [0.1, 0.15) is 20.3 Å². The lowest BCUT2D eigenvalue weighted by Gasteiger charge is -2.15. The number of esters is 2. The molecule has 6 heteroatoms. The Morgan fingerprint density at radius 1 is 1.11 bits per heavy atom. The highest BCUT2D eigenvalue weighted by Gasteiger charge is 2.22. The first kappa shape index (κ1) is 16.9. The third-order valence-electron chi connectivity index (χ3n) is 2.33. The maximum atomic E-state index is 11.4. The second-order valence-electron chi connectivity index (χ2n) is 4.41. The molecule has 0 aliphatic carbocycles. The Bertz CT molecular complexity index is 256. The van der Waals surface area contributed by atoms with Crippen LogP contribution in [-0.2, 0) is 19.1 Å². The smallest absolute Gasteiger partial charge is 0.323 e. The lowest BCUT2D eigenvalue weighted by atomic mass is 10.2. The fourth-order valence-corrected chi connectivity index (χ4v) is 1.36. The average molecular weight is 260 g/mol. The van der Waals surface area contributed by atoms with Gasteiger partial charge in [0, 0.05) is 13.1 Å². The molecule has 0 aromatic carbocycles. The Morgan fingerprint density at radius 2 is 1.78 bits per heavy atom. The van der Waals surface area contributed by atoms with Crippen molar-refractivity contribution in [1.82, 2.24) is 10.6 Å². The molecule has 2 N–H and O–H groups in total. The van der Waals surface area contributed by atoms with Crippen molar-refractivity contribution >= 4 is 11.9 Å². The zero-order chi connectivity index (χ0) is 14.0. The fraction of sp³-hybridized carbons (Fsp3) is 0.833. The summed E-state index contributed by atoms with van der Waals surface area (Å²) in [6.45, 7) is 6.47. The van der Waals surface area contributed by atoms with Gasteiger partial charge in [-0.2, -0.15) is 0 Å². The molecule has 0 aliphatic rings. The summed E-state index contributed by atoms with van der Waals surface area (Å²) in [6.07, 6.45) is -0.0205. The zero-order valence-corrected chi connectivity index (χ0v) is 11.6. The van der Waals surface area contributed by atoms with E-state index in [1.807, 2.05) is 0 Å². The molecule has 0 aromatic rings. The first-order valence-corrected chi connectivity index (χ1v) is 6.10. The predicted octanol–water partition coefficient (Wildman–Crippen LogP) is -0.0737. The van der Waals surface area contributed by atoms with Gasteiger partial charge in [0.15, 0.2) is 0 Å². The molecular weight excluding hydrogens is 236 g/mol. The van der Waals surface area contributed by atoms with Gasteiger partial charge >= 0.3 is 11.9 Å². The highest BCUT2D eigenvalue weighted by atomic mass is 16.5. The van der Waals surface area contributed by atoms with Crippen molar-refractivity contribution in [3.8, 4) is 0 Å². The van der Waals surface area contributed by atoms with E-state index < -0.39 is 18.0 Å². The molecule has 0 aliphatic heterocycles. The van der Waals surface area contributed by atoms with Crippen LogP contribution in [0.2, 0.25) is 0 Å². The first-order chi connectivity index (χ1) is 8.51. The molecule has 1 unspecified atom stereocenters. The maximum Gasteiger partial charge on any atom is 0.323 e. The van der Waals surface area contributed by atoms with E-state index in [0.29, 0.717) is 12.5 Å². The van der Waals surface area contributed by atoms with E-state index in [4.69, 9.17) is 0 Å². The molecule has 0 saturated carbocycles. The number of rotatable bonds is 9. The number of methoxy groups -OCH3 is 2. The quantitative estimate of drug-likeness (QED) is 0.446. The van der Waals surface area contributed by atoms with Gasteiger partial charge in [-0.1, -0.05) is 13.8 Å². The number of carbonyl (C=O) groups is 2. The van der Waals surface area contributed by atoms with Crippen LogP contribution in [0.5, 0.6) is 0 Å².